The van der Waals surface area contributed by atoms with Crippen molar-refractivity contribution in [1.29, 1.82) is 0 Å². The van der Waals surface area contributed by atoms with Crippen molar-refractivity contribution in [2.45, 2.75) is 5.92 Å². The minimum atomic E-state index is -0.0413. The fourth-order valence-corrected chi connectivity index (χ4v) is 3.53. The van der Waals surface area contributed by atoms with Gasteiger partial charge >= 0.3 is 0 Å². The molecule has 0 spiro atoms. The highest BCUT2D eigenvalue weighted by molar-refractivity contribution is 6.30. The van der Waals surface area contributed by atoms with Gasteiger partial charge in [-0.25, -0.2) is 0 Å². The van der Waals surface area contributed by atoms with E-state index in [2.05, 4.69) is 12.1 Å². The molecule has 2 aromatic carbocycles. The van der Waals surface area contributed by atoms with Gasteiger partial charge in [0.05, 0.1) is 12.7 Å². The lowest BCUT2D eigenvalue weighted by molar-refractivity contribution is 0.0783. The number of amides is 1. The van der Waals surface area contributed by atoms with Crippen molar-refractivity contribution in [2.24, 2.45) is 11.7 Å². The number of hydrogen-bond donors (Lipinski definition) is 1. The Morgan fingerprint density at radius 2 is 1.96 bits per heavy atom. The van der Waals surface area contributed by atoms with Crippen molar-refractivity contribution in [3.05, 3.63) is 64.7 Å². The minimum absolute atomic E-state index is 0. The van der Waals surface area contributed by atoms with Crippen molar-refractivity contribution in [2.75, 3.05) is 26.7 Å². The lowest BCUT2D eigenvalue weighted by atomic mass is 9.89. The first kappa shape index (κ1) is 19.6. The summed E-state index contributed by atoms with van der Waals surface area (Å²) in [5.74, 6) is 0.980. The number of rotatable bonds is 4. The number of nitrogens with two attached hydrogens (primary N) is 1. The molecule has 1 amide bonds. The summed E-state index contributed by atoms with van der Waals surface area (Å²) >= 11 is 5.99. The summed E-state index contributed by atoms with van der Waals surface area (Å²) in [4.78, 5) is 14.8. The summed E-state index contributed by atoms with van der Waals surface area (Å²) in [5, 5.41) is 0.548. The Hall–Kier alpha value is -1.75. The largest absolute Gasteiger partial charge is 0.496 e. The third kappa shape index (κ3) is 4.09. The van der Waals surface area contributed by atoms with Crippen LogP contribution in [0.15, 0.2) is 48.5 Å². The van der Waals surface area contributed by atoms with Crippen LogP contribution in [0.25, 0.3) is 0 Å². The van der Waals surface area contributed by atoms with Crippen LogP contribution in [0.3, 0.4) is 0 Å². The molecule has 6 heteroatoms. The number of carbonyl (C=O) groups excluding carboxylic acids is 1. The van der Waals surface area contributed by atoms with Crippen LogP contribution in [0.2, 0.25) is 5.02 Å². The third-order valence-corrected chi connectivity index (χ3v) is 4.89. The predicted octanol–water partition coefficient (Wildman–Crippen LogP) is 3.58. The Kier molecular flexibility index (Phi) is 6.71. The first-order chi connectivity index (χ1) is 11.6. The summed E-state index contributed by atoms with van der Waals surface area (Å²) in [6, 6.07) is 15.3. The number of methoxy groups -OCH3 is 1. The number of halogens is 2. The van der Waals surface area contributed by atoms with Gasteiger partial charge in [-0.15, -0.1) is 12.4 Å². The average molecular weight is 381 g/mol. The summed E-state index contributed by atoms with van der Waals surface area (Å²) < 4.78 is 5.31. The molecule has 2 aromatic rings. The van der Waals surface area contributed by atoms with Crippen LogP contribution in [-0.2, 0) is 0 Å². The maximum Gasteiger partial charge on any atom is 0.257 e. The third-order valence-electron chi connectivity index (χ3n) is 4.65. The van der Waals surface area contributed by atoms with Gasteiger partial charge in [-0.3, -0.25) is 4.79 Å². The van der Waals surface area contributed by atoms with E-state index in [1.807, 2.05) is 23.1 Å². The molecular weight excluding hydrogens is 359 g/mol. The number of likely N-dealkylation sites (tertiary alicyclic amines) is 1. The molecule has 1 aliphatic rings. The molecule has 0 unspecified atom stereocenters. The van der Waals surface area contributed by atoms with Crippen molar-refractivity contribution in [1.82, 2.24) is 4.90 Å². The summed E-state index contributed by atoms with van der Waals surface area (Å²) in [7, 11) is 1.54. The summed E-state index contributed by atoms with van der Waals surface area (Å²) in [5.41, 5.74) is 7.72. The first-order valence-electron chi connectivity index (χ1n) is 8.02. The van der Waals surface area contributed by atoms with Crippen LogP contribution < -0.4 is 10.5 Å². The van der Waals surface area contributed by atoms with Gasteiger partial charge in [0.1, 0.15) is 5.75 Å². The zero-order valence-corrected chi connectivity index (χ0v) is 15.6. The highest BCUT2D eigenvalue weighted by Gasteiger charge is 2.36. The molecule has 3 rings (SSSR count). The van der Waals surface area contributed by atoms with E-state index in [-0.39, 0.29) is 30.2 Å². The maximum atomic E-state index is 12.9. The smallest absolute Gasteiger partial charge is 0.257 e. The van der Waals surface area contributed by atoms with Crippen LogP contribution in [0, 0.1) is 5.92 Å². The monoisotopic (exact) mass is 380 g/mol. The van der Waals surface area contributed by atoms with Gasteiger partial charge in [0.25, 0.3) is 5.91 Å². The molecule has 4 nitrogen and oxygen atoms in total. The van der Waals surface area contributed by atoms with E-state index in [1.54, 1.807) is 25.3 Å². The standard InChI is InChI=1S/C19H21ClN2O2.ClH/c1-24-18-9-15(20)7-8-16(18)19(23)22-11-14(10-21)17(12-22)13-5-3-2-4-6-13;/h2-9,14,17H,10-12,21H2,1H3;1H/t14-,17+;/m1./s1. The molecule has 1 saturated heterocycles. The molecule has 2 N–H and O–H groups in total. The van der Waals surface area contributed by atoms with E-state index in [0.29, 0.717) is 36.0 Å². The Bertz CT molecular complexity index is 725. The zero-order chi connectivity index (χ0) is 17.1. The maximum absolute atomic E-state index is 12.9. The fourth-order valence-electron chi connectivity index (χ4n) is 3.37. The average Bonchev–Trinajstić information content (AvgIpc) is 3.06. The number of nitrogens with zero attached hydrogens (tertiary/aromatic N) is 1. The molecule has 0 bridgehead atoms. The summed E-state index contributed by atoms with van der Waals surface area (Å²) in [6.45, 7) is 1.87. The van der Waals surface area contributed by atoms with Gasteiger partial charge in [0.15, 0.2) is 0 Å². The molecule has 0 radical (unpaired) electrons. The van der Waals surface area contributed by atoms with E-state index in [1.165, 1.54) is 5.56 Å². The Morgan fingerprint density at radius 3 is 2.60 bits per heavy atom. The van der Waals surface area contributed by atoms with Gasteiger partial charge in [-0.2, -0.15) is 0 Å². The molecule has 0 aromatic heterocycles. The van der Waals surface area contributed by atoms with Gasteiger partial charge in [0, 0.05) is 24.0 Å². The van der Waals surface area contributed by atoms with Crippen LogP contribution in [-0.4, -0.2) is 37.6 Å². The Labute approximate surface area is 159 Å². The number of ether oxygens (including phenoxy) is 1. The van der Waals surface area contributed by atoms with E-state index >= 15 is 0 Å². The minimum Gasteiger partial charge on any atom is -0.496 e. The van der Waals surface area contributed by atoms with Gasteiger partial charge < -0.3 is 15.4 Å². The first-order valence-corrected chi connectivity index (χ1v) is 8.39. The van der Waals surface area contributed by atoms with Crippen molar-refractivity contribution >= 4 is 29.9 Å². The van der Waals surface area contributed by atoms with E-state index < -0.39 is 0 Å². The van der Waals surface area contributed by atoms with E-state index in [9.17, 15) is 4.79 Å². The molecule has 2 atom stereocenters. The molecule has 1 heterocycles. The van der Waals surface area contributed by atoms with Crippen molar-refractivity contribution < 1.29 is 9.53 Å². The van der Waals surface area contributed by atoms with Gasteiger partial charge in [-0.05, 0) is 36.2 Å². The van der Waals surface area contributed by atoms with Crippen LogP contribution in [0.1, 0.15) is 21.8 Å². The van der Waals surface area contributed by atoms with Crippen molar-refractivity contribution in [3.8, 4) is 5.75 Å². The molecule has 0 aliphatic carbocycles. The number of carbonyl (C=O) groups is 1. The zero-order valence-electron chi connectivity index (χ0n) is 14.0. The highest BCUT2D eigenvalue weighted by atomic mass is 35.5. The molecule has 1 fully saturated rings. The van der Waals surface area contributed by atoms with Crippen LogP contribution in [0.4, 0.5) is 0 Å². The second-order valence-corrected chi connectivity index (χ2v) is 6.50. The van der Waals surface area contributed by atoms with E-state index in [4.69, 9.17) is 22.1 Å². The molecular formula is C19H22Cl2N2O2. The Morgan fingerprint density at radius 1 is 1.24 bits per heavy atom. The van der Waals surface area contributed by atoms with Crippen LogP contribution in [0.5, 0.6) is 5.75 Å². The number of benzene rings is 2. The molecule has 1 aliphatic heterocycles. The second-order valence-electron chi connectivity index (χ2n) is 6.07. The van der Waals surface area contributed by atoms with E-state index in [0.717, 1.165) is 0 Å². The topological polar surface area (TPSA) is 55.6 Å². The Balaban J connectivity index is 0.00000225. The summed E-state index contributed by atoms with van der Waals surface area (Å²) in [6.07, 6.45) is 0. The second kappa shape index (κ2) is 8.56. The lowest BCUT2D eigenvalue weighted by Crippen LogP contribution is -2.30. The van der Waals surface area contributed by atoms with Crippen molar-refractivity contribution in [3.63, 3.8) is 0 Å². The number of hydrogen-bond acceptors (Lipinski definition) is 3. The van der Waals surface area contributed by atoms with Gasteiger partial charge in [0.2, 0.25) is 0 Å². The van der Waals surface area contributed by atoms with Crippen LogP contribution >= 0.6 is 24.0 Å². The molecule has 0 saturated carbocycles. The predicted molar refractivity (Wildman–Crippen MR) is 103 cm³/mol. The normalized spacial score (nSPS) is 19.4. The quantitative estimate of drug-likeness (QED) is 0.881. The molecule has 25 heavy (non-hydrogen) atoms. The van der Waals surface area contributed by atoms with Gasteiger partial charge in [-0.1, -0.05) is 41.9 Å². The SMILES string of the molecule is COc1cc(Cl)ccc1C(=O)N1C[C@@H](CN)[C@H](c2ccccc2)C1.Cl. The fraction of sp³-hybridized carbons (Fsp3) is 0.316. The lowest BCUT2D eigenvalue weighted by Gasteiger charge is -2.18. The molecule has 134 valence electrons. The highest BCUT2D eigenvalue weighted by Crippen LogP contribution is 2.34.